The molecule has 5 nitrogen and oxygen atoms in total. The van der Waals surface area contributed by atoms with Gasteiger partial charge >= 0.3 is 0 Å². The number of nitrogens with zero attached hydrogens (tertiary/aromatic N) is 4. The average Bonchev–Trinajstić information content (AvgIpc) is 1.08. The van der Waals surface area contributed by atoms with Gasteiger partial charge in [0, 0.05) is 48.8 Å². The van der Waals surface area contributed by atoms with E-state index >= 15 is 0 Å². The normalized spacial score (nSPS) is 12.3. The van der Waals surface area contributed by atoms with Crippen molar-refractivity contribution >= 4 is 174 Å². The highest BCUT2D eigenvalue weighted by Gasteiger charge is 2.22. The topological polar surface area (TPSA) is 64.7 Å². The fraction of sp³-hybridized carbons (Fsp3) is 0. The molecule has 21 rings (SSSR count). The molecule has 4 aromatic heterocycles. The van der Waals surface area contributed by atoms with Gasteiger partial charge in [-0.3, -0.25) is 0 Å². The highest BCUT2D eigenvalue weighted by atomic mass is 16.3. The van der Waals surface area contributed by atoms with Crippen LogP contribution in [0.5, 0.6) is 0 Å². The van der Waals surface area contributed by atoms with Gasteiger partial charge in [0.25, 0.3) is 0 Å². The third-order valence-corrected chi connectivity index (χ3v) is 20.1. The fourth-order valence-electron chi connectivity index (χ4n) is 15.9. The molecule has 5 heteroatoms. The molecule has 0 saturated carbocycles. The molecule has 0 fully saturated rings. The first kappa shape index (κ1) is 50.4. The second-order valence-electron chi connectivity index (χ2n) is 25.0. The zero-order valence-corrected chi connectivity index (χ0v) is 49.9. The number of aromatic nitrogens is 4. The molecule has 0 N–H and O–H groups in total. The first-order valence-corrected chi connectivity index (χ1v) is 31.8. The lowest BCUT2D eigenvalue weighted by Crippen LogP contribution is -1.96. The van der Waals surface area contributed by atoms with E-state index in [-0.39, 0.29) is 0 Å². The van der Waals surface area contributed by atoms with Crippen molar-refractivity contribution in [1.29, 1.82) is 0 Å². The summed E-state index contributed by atoms with van der Waals surface area (Å²) in [6.07, 6.45) is 0. The summed E-state index contributed by atoms with van der Waals surface area (Å²) in [5.41, 5.74) is 13.9. The van der Waals surface area contributed by atoms with E-state index in [9.17, 15) is 0 Å². The van der Waals surface area contributed by atoms with Crippen LogP contribution in [0, 0.1) is 0 Å². The van der Waals surface area contributed by atoms with Crippen molar-refractivity contribution in [3.8, 4) is 44.8 Å². The summed E-state index contributed by atoms with van der Waals surface area (Å²) in [5.74, 6) is 0. The molecule has 8 bridgehead atoms. The van der Waals surface area contributed by atoms with Crippen molar-refractivity contribution in [3.05, 3.63) is 291 Å². The molecular weight excluding hydrogens is 1130 g/mol. The molecule has 0 aliphatic heterocycles. The van der Waals surface area contributed by atoms with E-state index in [1.54, 1.807) is 0 Å². The number of benzene rings is 16. The van der Waals surface area contributed by atoms with Crippen molar-refractivity contribution in [1.82, 2.24) is 19.9 Å². The lowest BCUT2D eigenvalue weighted by atomic mass is 9.88. The van der Waals surface area contributed by atoms with Crippen LogP contribution in [0.15, 0.2) is 296 Å². The Labute approximate surface area is 530 Å². The molecule has 426 valence electrons. The zero-order valence-electron chi connectivity index (χ0n) is 49.9. The quantitative estimate of drug-likeness (QED) is 0.164. The summed E-state index contributed by atoms with van der Waals surface area (Å²) in [7, 11) is 0. The predicted octanol–water partition coefficient (Wildman–Crippen LogP) is 24.0. The molecule has 0 amide bonds. The molecule has 4 heterocycles. The molecule has 0 aliphatic carbocycles. The standard InChI is InChI=1S/C88H48N4O/c1-3-17-49(18-4-1)84-85(50-19-5-2-6-20-50)91-87-76-45-56(47-78(87)89-84)59-28-15-30-67-73-41-51(33-37-63(73)65-39-34-52(42-74(65)81(59)67)57-21-7-9-23-60(57)76)55-44-72(83-70-27-13-14-32-79(70)93-80(83)48-55)54-36-40-69-77(46-54)90-88-71-31-16-29-66-62-25-11-10-24-61(62)64-38-35-53(43-75(64)82(66)71)58-22-8-12-26-68(58)86(69)92-88/h1-48H. The third-order valence-electron chi connectivity index (χ3n) is 20.1. The number of para-hydroxylation sites is 1. The molecule has 0 atom stereocenters. The Morgan fingerprint density at radius 1 is 0.204 bits per heavy atom. The zero-order chi connectivity index (χ0) is 60.6. The van der Waals surface area contributed by atoms with Crippen LogP contribution in [0.3, 0.4) is 0 Å². The van der Waals surface area contributed by atoms with Crippen molar-refractivity contribution in [2.45, 2.75) is 0 Å². The lowest BCUT2D eigenvalue weighted by Gasteiger charge is -2.16. The van der Waals surface area contributed by atoms with Crippen molar-refractivity contribution in [2.24, 2.45) is 0 Å². The van der Waals surface area contributed by atoms with E-state index in [1.165, 1.54) is 64.6 Å². The van der Waals surface area contributed by atoms with Crippen LogP contribution < -0.4 is 0 Å². The second-order valence-corrected chi connectivity index (χ2v) is 25.0. The van der Waals surface area contributed by atoms with Crippen LogP contribution in [-0.4, -0.2) is 19.9 Å². The Balaban J connectivity index is 0.815. The van der Waals surface area contributed by atoms with Crippen LogP contribution in [0.25, 0.3) is 218 Å². The summed E-state index contributed by atoms with van der Waals surface area (Å²) in [4.78, 5) is 22.5. The second kappa shape index (κ2) is 19.0. The molecule has 0 spiro atoms. The van der Waals surface area contributed by atoms with Crippen LogP contribution in [0.4, 0.5) is 0 Å². The van der Waals surface area contributed by atoms with Crippen LogP contribution in [0.1, 0.15) is 0 Å². The summed E-state index contributed by atoms with van der Waals surface area (Å²) in [5, 5.41) is 28.6. The van der Waals surface area contributed by atoms with Gasteiger partial charge in [-0.05, 0) is 180 Å². The van der Waals surface area contributed by atoms with Gasteiger partial charge in [-0.2, -0.15) is 0 Å². The number of fused-ring (bicyclic) bond motifs is 27. The molecule has 93 heavy (non-hydrogen) atoms. The van der Waals surface area contributed by atoms with Gasteiger partial charge in [-0.1, -0.05) is 231 Å². The Kier molecular flexibility index (Phi) is 10.3. The van der Waals surface area contributed by atoms with Gasteiger partial charge in [0.1, 0.15) is 11.2 Å². The minimum absolute atomic E-state index is 0.702. The molecule has 0 aliphatic rings. The maximum atomic E-state index is 6.92. The number of hydrogen-bond donors (Lipinski definition) is 0. The maximum Gasteiger partial charge on any atom is 0.161 e. The predicted molar refractivity (Wildman–Crippen MR) is 392 cm³/mol. The molecule has 0 unspecified atom stereocenters. The Morgan fingerprint density at radius 2 is 0.720 bits per heavy atom. The molecule has 17 aromatic carbocycles. The van der Waals surface area contributed by atoms with Gasteiger partial charge in [-0.15, -0.1) is 0 Å². The Bertz CT molecular complexity index is 6920. The first-order valence-electron chi connectivity index (χ1n) is 31.8. The van der Waals surface area contributed by atoms with E-state index in [2.05, 4.69) is 291 Å². The minimum Gasteiger partial charge on any atom is -0.456 e. The molecular formula is C88H48N4O. The van der Waals surface area contributed by atoms with Crippen molar-refractivity contribution in [3.63, 3.8) is 0 Å². The van der Waals surface area contributed by atoms with E-state index in [0.29, 0.717) is 5.65 Å². The SMILES string of the molecule is c1ccc(-c2nc3cc4cc(c5ccccc5c5ccc6c7ccc(-c8cc(-c9ccc%10c(c9)nc9nc%10c%10ccccc%10c%10ccc%11c%12ccccc%12c%12cccc9c%12c%11c%10)c9c(c8)oc8ccccc89)cc7c7cccc4c7c6c5)c3nc2-c2ccccc2)cc1. The third kappa shape index (κ3) is 7.33. The number of furan rings is 1. The van der Waals surface area contributed by atoms with E-state index in [0.717, 1.165) is 148 Å². The van der Waals surface area contributed by atoms with Crippen LogP contribution in [-0.2, 0) is 0 Å². The van der Waals surface area contributed by atoms with Crippen LogP contribution in [0.2, 0.25) is 0 Å². The van der Waals surface area contributed by atoms with E-state index in [4.69, 9.17) is 24.4 Å². The lowest BCUT2D eigenvalue weighted by molar-refractivity contribution is 0.669. The Hall–Kier alpha value is -12.4. The first-order chi connectivity index (χ1) is 46.1. The van der Waals surface area contributed by atoms with Gasteiger partial charge in [0.2, 0.25) is 0 Å². The summed E-state index contributed by atoms with van der Waals surface area (Å²) < 4.78 is 6.92. The Morgan fingerprint density at radius 3 is 1.45 bits per heavy atom. The molecule has 21 aromatic rings. The maximum absolute atomic E-state index is 6.92. The average molecular weight is 1180 g/mol. The summed E-state index contributed by atoms with van der Waals surface area (Å²) >= 11 is 0. The minimum atomic E-state index is 0.702. The number of rotatable bonds is 4. The number of hydrogen-bond acceptors (Lipinski definition) is 5. The van der Waals surface area contributed by atoms with E-state index in [1.807, 2.05) is 0 Å². The molecule has 0 radical (unpaired) electrons. The van der Waals surface area contributed by atoms with Crippen molar-refractivity contribution < 1.29 is 4.42 Å². The smallest absolute Gasteiger partial charge is 0.161 e. The molecule has 0 saturated heterocycles. The summed E-state index contributed by atoms with van der Waals surface area (Å²) in [6, 6.07) is 106. The highest BCUT2D eigenvalue weighted by Crippen LogP contribution is 2.47. The van der Waals surface area contributed by atoms with Gasteiger partial charge in [0.05, 0.1) is 33.5 Å². The van der Waals surface area contributed by atoms with Gasteiger partial charge in [-0.25, -0.2) is 19.9 Å². The largest absolute Gasteiger partial charge is 0.456 e. The van der Waals surface area contributed by atoms with Crippen LogP contribution >= 0.6 is 0 Å². The van der Waals surface area contributed by atoms with E-state index < -0.39 is 0 Å². The van der Waals surface area contributed by atoms with Crippen molar-refractivity contribution in [2.75, 3.05) is 0 Å². The fourth-order valence-corrected chi connectivity index (χ4v) is 15.9. The summed E-state index contributed by atoms with van der Waals surface area (Å²) in [6.45, 7) is 0. The van der Waals surface area contributed by atoms with Gasteiger partial charge < -0.3 is 4.42 Å². The highest BCUT2D eigenvalue weighted by molar-refractivity contribution is 6.35. The van der Waals surface area contributed by atoms with Gasteiger partial charge in [0.15, 0.2) is 5.65 Å². The monoisotopic (exact) mass is 1180 g/mol.